The van der Waals surface area contributed by atoms with E-state index in [2.05, 4.69) is 15.2 Å². The minimum absolute atomic E-state index is 0.0664. The monoisotopic (exact) mass is 426 g/mol. The van der Waals surface area contributed by atoms with Gasteiger partial charge in [-0.05, 0) is 29.3 Å². The second-order valence-corrected chi connectivity index (χ2v) is 7.75. The van der Waals surface area contributed by atoms with Crippen LogP contribution in [0.4, 0.5) is 0 Å². The first-order valence-electron chi connectivity index (χ1n) is 9.89. The third-order valence-corrected chi connectivity index (χ3v) is 5.35. The summed E-state index contributed by atoms with van der Waals surface area (Å²) >= 11 is 5.87. The van der Waals surface area contributed by atoms with Crippen LogP contribution >= 0.6 is 11.6 Å². The molecule has 0 aliphatic carbocycles. The van der Waals surface area contributed by atoms with Crippen molar-refractivity contribution in [2.75, 3.05) is 26.3 Å². The molecule has 3 aromatic rings. The highest BCUT2D eigenvalue weighted by atomic mass is 35.5. The number of rotatable bonds is 6. The average Bonchev–Trinajstić information content (AvgIpc) is 2.76. The largest absolute Gasteiger partial charge is 0.379 e. The molecule has 1 amide bonds. The molecular weight excluding hydrogens is 404 g/mol. The summed E-state index contributed by atoms with van der Waals surface area (Å²) in [5.41, 5.74) is 2.64. The third kappa shape index (κ3) is 5.05. The van der Waals surface area contributed by atoms with Gasteiger partial charge in [0.25, 0.3) is 5.56 Å². The topological polar surface area (TPSA) is 75.9 Å². The number of benzene rings is 1. The number of carbonyl (C=O) groups excluding carboxylic acids is 1. The van der Waals surface area contributed by atoms with Gasteiger partial charge in [-0.2, -0.15) is 0 Å². The van der Waals surface area contributed by atoms with Crippen molar-refractivity contribution in [1.29, 1.82) is 0 Å². The van der Waals surface area contributed by atoms with Crippen LogP contribution in [0, 0.1) is 0 Å². The summed E-state index contributed by atoms with van der Waals surface area (Å²) < 4.78 is 6.96. The summed E-state index contributed by atoms with van der Waals surface area (Å²) in [5, 5.41) is 3.46. The van der Waals surface area contributed by atoms with Gasteiger partial charge in [0.05, 0.1) is 31.3 Å². The van der Waals surface area contributed by atoms with E-state index in [1.165, 1.54) is 0 Å². The molecule has 3 heterocycles. The Morgan fingerprint density at radius 2 is 1.83 bits per heavy atom. The highest BCUT2D eigenvalue weighted by Gasteiger charge is 2.13. The highest BCUT2D eigenvalue weighted by Crippen LogP contribution is 2.10. The van der Waals surface area contributed by atoms with Gasteiger partial charge < -0.3 is 10.1 Å². The van der Waals surface area contributed by atoms with Crippen LogP contribution in [0.25, 0.3) is 5.52 Å². The van der Waals surface area contributed by atoms with E-state index in [9.17, 15) is 9.59 Å². The second-order valence-electron chi connectivity index (χ2n) is 7.31. The van der Waals surface area contributed by atoms with E-state index in [4.69, 9.17) is 16.3 Å². The Kier molecular flexibility index (Phi) is 6.42. The molecular formula is C22H23ClN4O3. The molecule has 7 nitrogen and oxygen atoms in total. The molecule has 1 aromatic carbocycles. The molecule has 1 aliphatic heterocycles. The van der Waals surface area contributed by atoms with Crippen molar-refractivity contribution in [3.05, 3.63) is 81.0 Å². The number of nitrogens with zero attached hydrogens (tertiary/aromatic N) is 3. The van der Waals surface area contributed by atoms with E-state index in [1.54, 1.807) is 22.7 Å². The molecule has 1 saturated heterocycles. The zero-order valence-electron chi connectivity index (χ0n) is 16.5. The Morgan fingerprint density at radius 3 is 2.60 bits per heavy atom. The van der Waals surface area contributed by atoms with Crippen LogP contribution in [-0.4, -0.2) is 46.5 Å². The van der Waals surface area contributed by atoms with Crippen molar-refractivity contribution in [2.24, 2.45) is 0 Å². The van der Waals surface area contributed by atoms with E-state index in [-0.39, 0.29) is 23.6 Å². The van der Waals surface area contributed by atoms with E-state index in [0.717, 1.165) is 44.0 Å². The van der Waals surface area contributed by atoms with E-state index in [0.29, 0.717) is 17.1 Å². The van der Waals surface area contributed by atoms with Crippen LogP contribution in [0.15, 0.2) is 53.6 Å². The summed E-state index contributed by atoms with van der Waals surface area (Å²) in [6.07, 6.45) is 3.40. The normalized spacial score (nSPS) is 14.7. The SMILES string of the molecule is O=C(Cc1ncc2ccc(CN3CCOCC3)cn2c1=O)NCc1ccc(Cl)cc1. The molecule has 30 heavy (non-hydrogen) atoms. The summed E-state index contributed by atoms with van der Waals surface area (Å²) in [6, 6.07) is 11.1. The van der Waals surface area contributed by atoms with Gasteiger partial charge in [0, 0.05) is 37.4 Å². The Morgan fingerprint density at radius 1 is 1.10 bits per heavy atom. The number of aromatic nitrogens is 2. The van der Waals surface area contributed by atoms with E-state index >= 15 is 0 Å². The zero-order chi connectivity index (χ0) is 20.9. The molecule has 1 N–H and O–H groups in total. The van der Waals surface area contributed by atoms with Crippen molar-refractivity contribution in [3.8, 4) is 0 Å². The number of morpholine rings is 1. The molecule has 0 unspecified atom stereocenters. The molecule has 0 radical (unpaired) electrons. The first kappa shape index (κ1) is 20.5. The van der Waals surface area contributed by atoms with Crippen molar-refractivity contribution >= 4 is 23.0 Å². The maximum absolute atomic E-state index is 12.9. The van der Waals surface area contributed by atoms with Crippen LogP contribution in [-0.2, 0) is 29.0 Å². The maximum atomic E-state index is 12.9. The van der Waals surface area contributed by atoms with Gasteiger partial charge in [0.1, 0.15) is 5.69 Å². The number of hydrogen-bond donors (Lipinski definition) is 1. The quantitative estimate of drug-likeness (QED) is 0.652. The number of nitrogens with one attached hydrogen (secondary N) is 1. The summed E-state index contributed by atoms with van der Waals surface area (Å²) in [7, 11) is 0. The van der Waals surface area contributed by atoms with E-state index in [1.807, 2.05) is 30.5 Å². The summed E-state index contributed by atoms with van der Waals surface area (Å²) in [5.74, 6) is -0.251. The smallest absolute Gasteiger partial charge is 0.277 e. The van der Waals surface area contributed by atoms with Crippen LogP contribution in [0.2, 0.25) is 5.02 Å². The van der Waals surface area contributed by atoms with Crippen molar-refractivity contribution in [2.45, 2.75) is 19.5 Å². The standard InChI is InChI=1S/C22H23ClN4O3/c23-18-4-1-16(2-5-18)12-25-21(28)11-20-22(29)27-15-17(3-6-19(27)13-24-20)14-26-7-9-30-10-8-26/h1-6,13,15H,7-12,14H2,(H,25,28). The first-order chi connectivity index (χ1) is 14.6. The zero-order valence-corrected chi connectivity index (χ0v) is 17.3. The molecule has 0 bridgehead atoms. The predicted molar refractivity (Wildman–Crippen MR) is 115 cm³/mol. The fourth-order valence-electron chi connectivity index (χ4n) is 3.43. The number of carbonyl (C=O) groups is 1. The number of pyridine rings is 1. The highest BCUT2D eigenvalue weighted by molar-refractivity contribution is 6.30. The summed E-state index contributed by atoms with van der Waals surface area (Å²) in [4.78, 5) is 31.7. The van der Waals surface area contributed by atoms with Crippen molar-refractivity contribution < 1.29 is 9.53 Å². The summed E-state index contributed by atoms with van der Waals surface area (Å²) in [6.45, 7) is 4.34. The number of fused-ring (bicyclic) bond motifs is 1. The number of hydrogen-bond acceptors (Lipinski definition) is 5. The fourth-order valence-corrected chi connectivity index (χ4v) is 3.55. The molecule has 1 fully saturated rings. The van der Waals surface area contributed by atoms with Gasteiger partial charge in [0.15, 0.2) is 0 Å². The molecule has 2 aromatic heterocycles. The Balaban J connectivity index is 1.45. The second kappa shape index (κ2) is 9.38. The molecule has 0 atom stereocenters. The van der Waals surface area contributed by atoms with Crippen LogP contribution in [0.3, 0.4) is 0 Å². The van der Waals surface area contributed by atoms with Gasteiger partial charge in [-0.3, -0.25) is 23.9 Å². The van der Waals surface area contributed by atoms with Crippen LogP contribution in [0.1, 0.15) is 16.8 Å². The number of ether oxygens (including phenoxy) is 1. The Hall–Kier alpha value is -2.74. The van der Waals surface area contributed by atoms with Crippen molar-refractivity contribution in [1.82, 2.24) is 19.6 Å². The van der Waals surface area contributed by atoms with Gasteiger partial charge in [-0.1, -0.05) is 29.8 Å². The number of halogens is 1. The van der Waals surface area contributed by atoms with Crippen LogP contribution in [0.5, 0.6) is 0 Å². The lowest BCUT2D eigenvalue weighted by Gasteiger charge is -2.26. The molecule has 0 spiro atoms. The lowest BCUT2D eigenvalue weighted by atomic mass is 10.2. The van der Waals surface area contributed by atoms with Gasteiger partial charge >= 0.3 is 0 Å². The minimum atomic E-state index is -0.266. The molecule has 8 heteroatoms. The Bertz CT molecular complexity index is 1090. The van der Waals surface area contributed by atoms with Crippen LogP contribution < -0.4 is 10.9 Å². The van der Waals surface area contributed by atoms with E-state index < -0.39 is 0 Å². The van der Waals surface area contributed by atoms with Gasteiger partial charge in [-0.25, -0.2) is 0 Å². The lowest BCUT2D eigenvalue weighted by Crippen LogP contribution is -2.35. The molecule has 1 aliphatic rings. The first-order valence-corrected chi connectivity index (χ1v) is 10.3. The molecule has 4 rings (SSSR count). The van der Waals surface area contributed by atoms with Gasteiger partial charge in [-0.15, -0.1) is 0 Å². The molecule has 156 valence electrons. The lowest BCUT2D eigenvalue weighted by molar-refractivity contribution is -0.120. The van der Waals surface area contributed by atoms with Gasteiger partial charge in [0.2, 0.25) is 5.91 Å². The minimum Gasteiger partial charge on any atom is -0.379 e. The average molecular weight is 427 g/mol. The number of amides is 1. The molecule has 0 saturated carbocycles. The maximum Gasteiger partial charge on any atom is 0.277 e. The predicted octanol–water partition coefficient (Wildman–Crippen LogP) is 2.04. The fraction of sp³-hybridized carbons (Fsp3) is 0.318. The Labute approximate surface area is 179 Å². The van der Waals surface area contributed by atoms with Crippen molar-refractivity contribution in [3.63, 3.8) is 0 Å². The third-order valence-electron chi connectivity index (χ3n) is 5.10.